The summed E-state index contributed by atoms with van der Waals surface area (Å²) in [7, 11) is 0. The monoisotopic (exact) mass is 292 g/mol. The molecule has 20 heavy (non-hydrogen) atoms. The second-order valence-electron chi connectivity index (χ2n) is 5.89. The zero-order valence-corrected chi connectivity index (χ0v) is 12.3. The molecule has 0 spiro atoms. The van der Waals surface area contributed by atoms with E-state index in [0.717, 1.165) is 43.7 Å². The van der Waals surface area contributed by atoms with Crippen LogP contribution in [0.1, 0.15) is 43.6 Å². The molecule has 1 atom stereocenters. The molecular formula is C16H21ClN2O. The molecule has 1 unspecified atom stereocenters. The average molecular weight is 293 g/mol. The van der Waals surface area contributed by atoms with Crippen molar-refractivity contribution in [3.8, 4) is 0 Å². The molecule has 2 aliphatic rings. The summed E-state index contributed by atoms with van der Waals surface area (Å²) in [6, 6.07) is 8.52. The van der Waals surface area contributed by atoms with Gasteiger partial charge in [0.15, 0.2) is 0 Å². The van der Waals surface area contributed by atoms with Gasteiger partial charge < -0.3 is 10.6 Å². The van der Waals surface area contributed by atoms with E-state index in [0.29, 0.717) is 12.0 Å². The van der Waals surface area contributed by atoms with E-state index in [9.17, 15) is 4.79 Å². The SMILES string of the molecule is O=C1NCCCCC1NC1CC(c2ccccc2Cl)C1. The Balaban J connectivity index is 1.53. The molecule has 1 aliphatic heterocycles. The Kier molecular flexibility index (Phi) is 4.27. The zero-order valence-electron chi connectivity index (χ0n) is 11.6. The molecule has 1 saturated carbocycles. The van der Waals surface area contributed by atoms with Crippen molar-refractivity contribution in [3.63, 3.8) is 0 Å². The Morgan fingerprint density at radius 3 is 2.80 bits per heavy atom. The zero-order chi connectivity index (χ0) is 13.9. The van der Waals surface area contributed by atoms with Crippen LogP contribution in [0.3, 0.4) is 0 Å². The van der Waals surface area contributed by atoms with Gasteiger partial charge in [0.05, 0.1) is 6.04 Å². The van der Waals surface area contributed by atoms with Crippen LogP contribution in [0.25, 0.3) is 0 Å². The molecule has 3 rings (SSSR count). The number of halogens is 1. The fourth-order valence-electron chi connectivity index (χ4n) is 3.20. The van der Waals surface area contributed by atoms with E-state index < -0.39 is 0 Å². The summed E-state index contributed by atoms with van der Waals surface area (Å²) in [6.45, 7) is 0.823. The number of hydrogen-bond acceptors (Lipinski definition) is 2. The predicted octanol–water partition coefficient (Wildman–Crippen LogP) is 2.84. The third kappa shape index (κ3) is 2.99. The maximum absolute atomic E-state index is 11.9. The van der Waals surface area contributed by atoms with Gasteiger partial charge in [-0.1, -0.05) is 29.8 Å². The molecule has 0 aromatic heterocycles. The van der Waals surface area contributed by atoms with Crippen LogP contribution < -0.4 is 10.6 Å². The summed E-state index contributed by atoms with van der Waals surface area (Å²) >= 11 is 6.23. The molecule has 1 amide bonds. The van der Waals surface area contributed by atoms with Gasteiger partial charge in [-0.2, -0.15) is 0 Å². The molecule has 0 radical (unpaired) electrons. The Hall–Kier alpha value is -1.06. The smallest absolute Gasteiger partial charge is 0.237 e. The lowest BCUT2D eigenvalue weighted by Crippen LogP contribution is -2.51. The van der Waals surface area contributed by atoms with Crippen molar-refractivity contribution in [3.05, 3.63) is 34.9 Å². The van der Waals surface area contributed by atoms with Crippen LogP contribution in [0, 0.1) is 0 Å². The first kappa shape index (κ1) is 13.9. The quantitative estimate of drug-likeness (QED) is 0.899. The summed E-state index contributed by atoms with van der Waals surface area (Å²) in [5.41, 5.74) is 1.25. The molecule has 4 heteroatoms. The van der Waals surface area contributed by atoms with E-state index in [1.165, 1.54) is 5.56 Å². The second kappa shape index (κ2) is 6.15. The van der Waals surface area contributed by atoms with Crippen molar-refractivity contribution in [1.82, 2.24) is 10.6 Å². The number of amides is 1. The lowest BCUT2D eigenvalue weighted by Gasteiger charge is -2.38. The lowest BCUT2D eigenvalue weighted by atomic mass is 9.75. The molecule has 108 valence electrons. The Morgan fingerprint density at radius 1 is 1.20 bits per heavy atom. The molecule has 1 saturated heterocycles. The standard InChI is InChI=1S/C16H21ClN2O/c17-14-6-2-1-5-13(14)11-9-12(10-11)19-15-7-3-4-8-18-16(15)20/h1-2,5-6,11-12,15,19H,3-4,7-10H2,(H,18,20). The number of carbonyl (C=O) groups is 1. The van der Waals surface area contributed by atoms with Crippen LogP contribution >= 0.6 is 11.6 Å². The van der Waals surface area contributed by atoms with Gasteiger partial charge in [0.1, 0.15) is 0 Å². The third-order valence-electron chi connectivity index (χ3n) is 4.46. The van der Waals surface area contributed by atoms with E-state index in [1.54, 1.807) is 0 Å². The minimum atomic E-state index is -0.00491. The Morgan fingerprint density at radius 2 is 2.00 bits per heavy atom. The van der Waals surface area contributed by atoms with Crippen molar-refractivity contribution in [2.24, 2.45) is 0 Å². The number of nitrogens with one attached hydrogen (secondary N) is 2. The van der Waals surface area contributed by atoms with Gasteiger partial charge in [0, 0.05) is 17.6 Å². The first-order valence-electron chi connectivity index (χ1n) is 7.52. The van der Waals surface area contributed by atoms with E-state index in [2.05, 4.69) is 16.7 Å². The van der Waals surface area contributed by atoms with Crippen LogP contribution in [-0.4, -0.2) is 24.5 Å². The number of benzene rings is 1. The highest BCUT2D eigenvalue weighted by atomic mass is 35.5. The highest BCUT2D eigenvalue weighted by molar-refractivity contribution is 6.31. The van der Waals surface area contributed by atoms with Gasteiger partial charge in [-0.15, -0.1) is 0 Å². The normalized spacial score (nSPS) is 30.2. The van der Waals surface area contributed by atoms with E-state index in [1.807, 2.05) is 18.2 Å². The molecule has 2 fully saturated rings. The third-order valence-corrected chi connectivity index (χ3v) is 4.80. The summed E-state index contributed by atoms with van der Waals surface area (Å²) < 4.78 is 0. The number of hydrogen-bond donors (Lipinski definition) is 2. The maximum Gasteiger partial charge on any atom is 0.237 e. The van der Waals surface area contributed by atoms with Crippen molar-refractivity contribution in [2.45, 2.75) is 50.1 Å². The maximum atomic E-state index is 11.9. The van der Waals surface area contributed by atoms with Crippen LogP contribution in [-0.2, 0) is 4.79 Å². The Labute approximate surface area is 125 Å². The summed E-state index contributed by atoms with van der Waals surface area (Å²) in [5.74, 6) is 0.707. The van der Waals surface area contributed by atoms with Crippen LogP contribution in [0.4, 0.5) is 0 Å². The van der Waals surface area contributed by atoms with Crippen LogP contribution in [0.2, 0.25) is 5.02 Å². The molecule has 3 nitrogen and oxygen atoms in total. The van der Waals surface area contributed by atoms with E-state index in [-0.39, 0.29) is 11.9 Å². The first-order chi connectivity index (χ1) is 9.74. The van der Waals surface area contributed by atoms with Crippen molar-refractivity contribution in [1.29, 1.82) is 0 Å². The van der Waals surface area contributed by atoms with Crippen LogP contribution in [0.5, 0.6) is 0 Å². The minimum absolute atomic E-state index is 0.00491. The molecule has 1 aromatic carbocycles. The summed E-state index contributed by atoms with van der Waals surface area (Å²) in [4.78, 5) is 11.9. The average Bonchev–Trinajstić information content (AvgIpc) is 2.60. The van der Waals surface area contributed by atoms with Gasteiger partial charge in [0.25, 0.3) is 0 Å². The number of rotatable bonds is 3. The molecule has 1 heterocycles. The fraction of sp³-hybridized carbons (Fsp3) is 0.562. The highest BCUT2D eigenvalue weighted by Crippen LogP contribution is 2.40. The molecule has 1 aromatic rings. The van der Waals surface area contributed by atoms with Crippen molar-refractivity contribution >= 4 is 17.5 Å². The van der Waals surface area contributed by atoms with Gasteiger partial charge in [-0.3, -0.25) is 4.79 Å². The first-order valence-corrected chi connectivity index (χ1v) is 7.90. The highest BCUT2D eigenvalue weighted by Gasteiger charge is 2.34. The Bertz CT molecular complexity index is 485. The largest absolute Gasteiger partial charge is 0.355 e. The second-order valence-corrected chi connectivity index (χ2v) is 6.30. The minimum Gasteiger partial charge on any atom is -0.355 e. The van der Waals surface area contributed by atoms with Crippen LogP contribution in [0.15, 0.2) is 24.3 Å². The van der Waals surface area contributed by atoms with E-state index in [4.69, 9.17) is 11.6 Å². The number of carbonyl (C=O) groups excluding carboxylic acids is 1. The topological polar surface area (TPSA) is 41.1 Å². The summed E-state index contributed by atoms with van der Waals surface area (Å²) in [6.07, 6.45) is 5.33. The predicted molar refractivity (Wildman–Crippen MR) is 81.0 cm³/mol. The van der Waals surface area contributed by atoms with E-state index >= 15 is 0 Å². The molecule has 0 bridgehead atoms. The fourth-order valence-corrected chi connectivity index (χ4v) is 3.49. The lowest BCUT2D eigenvalue weighted by molar-refractivity contribution is -0.123. The summed E-state index contributed by atoms with van der Waals surface area (Å²) in [5, 5.41) is 7.35. The molecular weight excluding hydrogens is 272 g/mol. The van der Waals surface area contributed by atoms with Gasteiger partial charge in [-0.05, 0) is 49.7 Å². The van der Waals surface area contributed by atoms with Crippen molar-refractivity contribution in [2.75, 3.05) is 6.54 Å². The van der Waals surface area contributed by atoms with Gasteiger partial charge in [-0.25, -0.2) is 0 Å². The molecule has 2 N–H and O–H groups in total. The van der Waals surface area contributed by atoms with Gasteiger partial charge in [0.2, 0.25) is 5.91 Å². The molecule has 1 aliphatic carbocycles. The van der Waals surface area contributed by atoms with Gasteiger partial charge >= 0.3 is 0 Å². The van der Waals surface area contributed by atoms with Crippen molar-refractivity contribution < 1.29 is 4.79 Å².